The van der Waals surface area contributed by atoms with Crippen LogP contribution < -0.4 is 0 Å². The van der Waals surface area contributed by atoms with Crippen molar-refractivity contribution >= 4 is 0 Å². The second kappa shape index (κ2) is 5.40. The van der Waals surface area contributed by atoms with E-state index in [4.69, 9.17) is 0 Å². The van der Waals surface area contributed by atoms with Crippen molar-refractivity contribution in [3.63, 3.8) is 0 Å². The van der Waals surface area contributed by atoms with Crippen molar-refractivity contribution in [1.82, 2.24) is 0 Å². The van der Waals surface area contributed by atoms with Crippen LogP contribution in [0.15, 0.2) is 12.2 Å². The van der Waals surface area contributed by atoms with E-state index in [0.29, 0.717) is 0 Å². The summed E-state index contributed by atoms with van der Waals surface area (Å²) in [6.07, 6.45) is 13.9. The van der Waals surface area contributed by atoms with Gasteiger partial charge in [-0.15, -0.1) is 0 Å². The van der Waals surface area contributed by atoms with Crippen molar-refractivity contribution in [2.24, 2.45) is 11.8 Å². The SMILES string of the molecule is C[CH]C(C)C1C/C=C\CCCC1. The minimum Gasteiger partial charge on any atom is -0.0885 e. The van der Waals surface area contributed by atoms with Crippen LogP contribution in [0.4, 0.5) is 0 Å². The predicted octanol–water partition coefficient (Wildman–Crippen LogP) is 3.98. The first-order valence-corrected chi connectivity index (χ1v) is 5.29. The van der Waals surface area contributed by atoms with Gasteiger partial charge in [0.05, 0.1) is 0 Å². The Balaban J connectivity index is 2.39. The molecule has 0 bridgehead atoms. The second-order valence-corrected chi connectivity index (χ2v) is 3.94. The van der Waals surface area contributed by atoms with E-state index in [0.717, 1.165) is 11.8 Å². The third-order valence-electron chi connectivity index (χ3n) is 3.07. The Bertz CT molecular complexity index is 135. The molecule has 12 heavy (non-hydrogen) atoms. The summed E-state index contributed by atoms with van der Waals surface area (Å²) < 4.78 is 0. The molecule has 0 aromatic heterocycles. The van der Waals surface area contributed by atoms with Gasteiger partial charge in [-0.25, -0.2) is 0 Å². The molecule has 0 saturated heterocycles. The van der Waals surface area contributed by atoms with Crippen LogP contribution in [0.2, 0.25) is 0 Å². The molecule has 0 saturated carbocycles. The lowest BCUT2D eigenvalue weighted by Gasteiger charge is -2.22. The molecular formula is C12H21. The summed E-state index contributed by atoms with van der Waals surface area (Å²) in [5.74, 6) is 1.71. The summed E-state index contributed by atoms with van der Waals surface area (Å²) >= 11 is 0. The van der Waals surface area contributed by atoms with Crippen LogP contribution in [0.5, 0.6) is 0 Å². The van der Waals surface area contributed by atoms with Crippen LogP contribution >= 0.6 is 0 Å². The first kappa shape index (κ1) is 9.83. The molecule has 2 atom stereocenters. The molecule has 1 aliphatic rings. The molecule has 1 rings (SSSR count). The maximum Gasteiger partial charge on any atom is -0.0320 e. The van der Waals surface area contributed by atoms with E-state index < -0.39 is 0 Å². The third kappa shape index (κ3) is 3.00. The molecular weight excluding hydrogens is 144 g/mol. The van der Waals surface area contributed by atoms with E-state index >= 15 is 0 Å². The third-order valence-corrected chi connectivity index (χ3v) is 3.07. The summed E-state index contributed by atoms with van der Waals surface area (Å²) in [5.41, 5.74) is 0. The smallest absolute Gasteiger partial charge is 0.0320 e. The van der Waals surface area contributed by atoms with Gasteiger partial charge < -0.3 is 0 Å². The molecule has 0 nitrogen and oxygen atoms in total. The molecule has 1 aliphatic carbocycles. The molecule has 0 aromatic rings. The largest absolute Gasteiger partial charge is 0.0885 e. The Hall–Kier alpha value is -0.260. The Morgan fingerprint density at radius 2 is 2.17 bits per heavy atom. The fraction of sp³-hybridized carbons (Fsp3) is 0.750. The van der Waals surface area contributed by atoms with Crippen molar-refractivity contribution in [3.8, 4) is 0 Å². The second-order valence-electron chi connectivity index (χ2n) is 3.94. The summed E-state index contributed by atoms with van der Waals surface area (Å²) in [6, 6.07) is 0. The average molecular weight is 165 g/mol. The van der Waals surface area contributed by atoms with Crippen LogP contribution in [-0.2, 0) is 0 Å². The van der Waals surface area contributed by atoms with Gasteiger partial charge in [-0.3, -0.25) is 0 Å². The molecule has 69 valence electrons. The minimum atomic E-state index is 0.799. The van der Waals surface area contributed by atoms with Crippen LogP contribution in [0.3, 0.4) is 0 Å². The number of allylic oxidation sites excluding steroid dienone is 2. The van der Waals surface area contributed by atoms with Crippen molar-refractivity contribution in [1.29, 1.82) is 0 Å². The molecule has 0 aliphatic heterocycles. The van der Waals surface area contributed by atoms with Crippen molar-refractivity contribution < 1.29 is 0 Å². The van der Waals surface area contributed by atoms with E-state index in [1.54, 1.807) is 0 Å². The first-order valence-electron chi connectivity index (χ1n) is 5.29. The van der Waals surface area contributed by atoms with Gasteiger partial charge in [-0.2, -0.15) is 0 Å². The molecule has 0 fully saturated rings. The number of hydrogen-bond donors (Lipinski definition) is 0. The monoisotopic (exact) mass is 165 g/mol. The van der Waals surface area contributed by atoms with E-state index in [1.165, 1.54) is 32.1 Å². The number of hydrogen-bond acceptors (Lipinski definition) is 0. The molecule has 0 heterocycles. The zero-order valence-corrected chi connectivity index (χ0v) is 8.42. The fourth-order valence-electron chi connectivity index (χ4n) is 1.93. The van der Waals surface area contributed by atoms with E-state index in [2.05, 4.69) is 32.4 Å². The Labute approximate surface area is 77.1 Å². The Kier molecular flexibility index (Phi) is 4.42. The van der Waals surface area contributed by atoms with Crippen LogP contribution in [0.25, 0.3) is 0 Å². The van der Waals surface area contributed by atoms with E-state index in [9.17, 15) is 0 Å². The van der Waals surface area contributed by atoms with Gasteiger partial charge in [0.1, 0.15) is 0 Å². The first-order chi connectivity index (χ1) is 5.84. The van der Waals surface area contributed by atoms with Crippen LogP contribution in [0.1, 0.15) is 46.0 Å². The van der Waals surface area contributed by atoms with Gasteiger partial charge in [-0.1, -0.05) is 32.4 Å². The van der Waals surface area contributed by atoms with Gasteiger partial charge in [-0.05, 0) is 43.9 Å². The van der Waals surface area contributed by atoms with Crippen molar-refractivity contribution in [3.05, 3.63) is 18.6 Å². The number of rotatable bonds is 2. The summed E-state index contributed by atoms with van der Waals surface area (Å²) in [6.45, 7) is 4.53. The van der Waals surface area contributed by atoms with E-state index in [-0.39, 0.29) is 0 Å². The van der Waals surface area contributed by atoms with Gasteiger partial charge in [0.15, 0.2) is 0 Å². The molecule has 0 amide bonds. The summed E-state index contributed by atoms with van der Waals surface area (Å²) in [4.78, 5) is 0. The highest BCUT2D eigenvalue weighted by atomic mass is 14.2. The summed E-state index contributed by atoms with van der Waals surface area (Å²) in [7, 11) is 0. The van der Waals surface area contributed by atoms with Gasteiger partial charge in [0.25, 0.3) is 0 Å². The Morgan fingerprint density at radius 1 is 1.33 bits per heavy atom. The van der Waals surface area contributed by atoms with Gasteiger partial charge >= 0.3 is 0 Å². The lowest BCUT2D eigenvalue weighted by molar-refractivity contribution is 0.359. The lowest BCUT2D eigenvalue weighted by Crippen LogP contribution is -2.11. The highest BCUT2D eigenvalue weighted by molar-refractivity contribution is 4.89. The molecule has 0 N–H and O–H groups in total. The standard InChI is InChI=1S/C12H21/c1-3-11(2)12-9-7-5-4-6-8-10-12/h3,5,7,11-12H,4,6,8-10H2,1-2H3/b7-5-. The topological polar surface area (TPSA) is 0 Å². The normalized spacial score (nSPS) is 30.3. The zero-order chi connectivity index (χ0) is 8.81. The quantitative estimate of drug-likeness (QED) is 0.543. The van der Waals surface area contributed by atoms with Gasteiger partial charge in [0.2, 0.25) is 0 Å². The molecule has 0 aromatic carbocycles. The molecule has 0 heteroatoms. The average Bonchev–Trinajstić information content (AvgIpc) is 2.02. The maximum absolute atomic E-state index is 2.38. The zero-order valence-electron chi connectivity index (χ0n) is 8.42. The predicted molar refractivity (Wildman–Crippen MR) is 54.9 cm³/mol. The highest BCUT2D eigenvalue weighted by Crippen LogP contribution is 2.26. The molecule has 1 radical (unpaired) electrons. The highest BCUT2D eigenvalue weighted by Gasteiger charge is 2.14. The Morgan fingerprint density at radius 3 is 2.92 bits per heavy atom. The fourth-order valence-corrected chi connectivity index (χ4v) is 1.93. The summed E-state index contributed by atoms with van der Waals surface area (Å²) in [5, 5.41) is 0. The maximum atomic E-state index is 2.38. The van der Waals surface area contributed by atoms with Gasteiger partial charge in [0, 0.05) is 0 Å². The molecule has 0 spiro atoms. The van der Waals surface area contributed by atoms with Crippen molar-refractivity contribution in [2.75, 3.05) is 0 Å². The lowest BCUT2D eigenvalue weighted by atomic mass is 9.83. The minimum absolute atomic E-state index is 0.799. The molecule has 2 unspecified atom stereocenters. The van der Waals surface area contributed by atoms with Crippen molar-refractivity contribution in [2.45, 2.75) is 46.0 Å². The van der Waals surface area contributed by atoms with E-state index in [1.807, 2.05) is 0 Å². The van der Waals surface area contributed by atoms with Crippen LogP contribution in [-0.4, -0.2) is 0 Å². The van der Waals surface area contributed by atoms with Crippen LogP contribution in [0, 0.1) is 18.3 Å².